The summed E-state index contributed by atoms with van der Waals surface area (Å²) in [4.78, 5) is 4.51. The number of nitrogens with zero attached hydrogens (tertiary/aromatic N) is 2. The Morgan fingerprint density at radius 2 is 1.71 bits per heavy atom. The number of hydrogen-bond donors (Lipinski definition) is 3. The fraction of sp³-hybridized carbons (Fsp3) is 0.316. The van der Waals surface area contributed by atoms with Crippen molar-refractivity contribution in [3.8, 4) is 0 Å². The first-order valence-electron chi connectivity index (χ1n) is 8.07. The predicted octanol–water partition coefficient (Wildman–Crippen LogP) is 2.86. The maximum absolute atomic E-state index is 9.64. The van der Waals surface area contributed by atoms with Crippen molar-refractivity contribution in [2.24, 2.45) is 0 Å². The summed E-state index contributed by atoms with van der Waals surface area (Å²) in [6.45, 7) is 6.54. The first-order valence-corrected chi connectivity index (χ1v) is 8.07. The Kier molecular flexibility index (Phi) is 4.55. The summed E-state index contributed by atoms with van der Waals surface area (Å²) in [6.07, 6.45) is 0. The summed E-state index contributed by atoms with van der Waals surface area (Å²) in [6, 6.07) is 10.3. The van der Waals surface area contributed by atoms with Crippen LogP contribution < -0.4 is 5.32 Å². The number of rotatable bonds is 5. The van der Waals surface area contributed by atoms with Crippen molar-refractivity contribution in [1.82, 2.24) is 9.38 Å². The molecule has 0 aliphatic rings. The van der Waals surface area contributed by atoms with Crippen molar-refractivity contribution >= 4 is 11.3 Å². The molecule has 2 heterocycles. The number of nitrogens with one attached hydrogen (secondary N) is 1. The molecule has 0 unspecified atom stereocenters. The molecule has 0 bridgehead atoms. The highest BCUT2D eigenvalue weighted by Gasteiger charge is 2.15. The number of anilines is 1. The Hall–Kier alpha value is -2.37. The predicted molar refractivity (Wildman–Crippen MR) is 95.0 cm³/mol. The molecule has 0 aliphatic heterocycles. The van der Waals surface area contributed by atoms with Crippen molar-refractivity contribution < 1.29 is 10.2 Å². The number of imidazole rings is 1. The molecular weight excluding hydrogens is 302 g/mol. The highest BCUT2D eigenvalue weighted by Crippen LogP contribution is 2.24. The smallest absolute Gasteiger partial charge is 0.161 e. The van der Waals surface area contributed by atoms with Crippen LogP contribution in [0.2, 0.25) is 0 Å². The second-order valence-electron chi connectivity index (χ2n) is 6.09. The summed E-state index contributed by atoms with van der Waals surface area (Å²) in [7, 11) is 0. The van der Waals surface area contributed by atoms with Gasteiger partial charge in [-0.1, -0.05) is 18.2 Å². The van der Waals surface area contributed by atoms with Crippen LogP contribution >= 0.6 is 0 Å². The number of aliphatic hydroxyl groups excluding tert-OH is 2. The molecule has 0 saturated carbocycles. The van der Waals surface area contributed by atoms with Crippen LogP contribution in [0.25, 0.3) is 5.65 Å². The fourth-order valence-electron chi connectivity index (χ4n) is 3.15. The Balaban J connectivity index is 2.01. The van der Waals surface area contributed by atoms with E-state index in [1.165, 1.54) is 16.7 Å². The van der Waals surface area contributed by atoms with E-state index in [4.69, 9.17) is 0 Å². The zero-order chi connectivity index (χ0) is 17.3. The molecule has 0 radical (unpaired) electrons. The van der Waals surface area contributed by atoms with Crippen LogP contribution in [0, 0.1) is 20.8 Å². The van der Waals surface area contributed by atoms with E-state index < -0.39 is 0 Å². The van der Waals surface area contributed by atoms with Crippen molar-refractivity contribution in [3.63, 3.8) is 0 Å². The third-order valence-electron chi connectivity index (χ3n) is 4.54. The summed E-state index contributed by atoms with van der Waals surface area (Å²) < 4.78 is 1.90. The second kappa shape index (κ2) is 6.63. The van der Waals surface area contributed by atoms with Crippen LogP contribution in [0.1, 0.15) is 33.8 Å². The van der Waals surface area contributed by atoms with E-state index in [0.29, 0.717) is 17.9 Å². The SMILES string of the molecule is Cc1cccc(C)c1CNc1ccc(C)n2c(CO)c(CO)nc12. The number of aryl methyl sites for hydroxylation is 3. The van der Waals surface area contributed by atoms with Crippen molar-refractivity contribution in [1.29, 1.82) is 0 Å². The molecule has 0 spiro atoms. The summed E-state index contributed by atoms with van der Waals surface area (Å²) >= 11 is 0. The van der Waals surface area contributed by atoms with Gasteiger partial charge in [0.15, 0.2) is 5.65 Å². The van der Waals surface area contributed by atoms with Gasteiger partial charge in [-0.15, -0.1) is 0 Å². The minimum atomic E-state index is -0.187. The molecule has 0 amide bonds. The Morgan fingerprint density at radius 1 is 1.00 bits per heavy atom. The van der Waals surface area contributed by atoms with E-state index in [2.05, 4.69) is 42.3 Å². The van der Waals surface area contributed by atoms with Gasteiger partial charge in [-0.2, -0.15) is 0 Å². The van der Waals surface area contributed by atoms with E-state index in [1.54, 1.807) is 0 Å². The van der Waals surface area contributed by atoms with E-state index in [-0.39, 0.29) is 13.2 Å². The van der Waals surface area contributed by atoms with Gasteiger partial charge in [0, 0.05) is 12.2 Å². The molecule has 2 aromatic heterocycles. The molecular formula is C19H23N3O2. The van der Waals surface area contributed by atoms with E-state index in [9.17, 15) is 10.2 Å². The Morgan fingerprint density at radius 3 is 2.33 bits per heavy atom. The van der Waals surface area contributed by atoms with Crippen LogP contribution in [-0.2, 0) is 19.8 Å². The number of aromatic nitrogens is 2. The van der Waals surface area contributed by atoms with Gasteiger partial charge < -0.3 is 15.5 Å². The number of aliphatic hydroxyl groups is 2. The summed E-state index contributed by atoms with van der Waals surface area (Å²) in [5.74, 6) is 0. The van der Waals surface area contributed by atoms with E-state index >= 15 is 0 Å². The maximum atomic E-state index is 9.64. The number of hydrogen-bond acceptors (Lipinski definition) is 4. The lowest BCUT2D eigenvalue weighted by atomic mass is 10.0. The average molecular weight is 325 g/mol. The lowest BCUT2D eigenvalue weighted by Gasteiger charge is -2.13. The minimum absolute atomic E-state index is 0.155. The first-order chi connectivity index (χ1) is 11.6. The largest absolute Gasteiger partial charge is 0.390 e. The Bertz CT molecular complexity index is 864. The lowest BCUT2D eigenvalue weighted by Crippen LogP contribution is -2.06. The molecule has 1 aromatic carbocycles. The standard InChI is InChI=1S/C19H23N3O2/c1-12-5-4-6-13(2)15(12)9-20-16-8-7-14(3)22-18(11-24)17(10-23)21-19(16)22/h4-8,20,23-24H,9-11H2,1-3H3. The Labute approximate surface area is 141 Å². The highest BCUT2D eigenvalue weighted by atomic mass is 16.3. The van der Waals surface area contributed by atoms with Crippen LogP contribution in [0.15, 0.2) is 30.3 Å². The van der Waals surface area contributed by atoms with Gasteiger partial charge in [0.05, 0.1) is 30.3 Å². The van der Waals surface area contributed by atoms with Crippen molar-refractivity contribution in [3.05, 3.63) is 64.1 Å². The molecule has 0 fully saturated rings. The second-order valence-corrected chi connectivity index (χ2v) is 6.09. The monoisotopic (exact) mass is 325 g/mol. The van der Waals surface area contributed by atoms with Crippen molar-refractivity contribution in [2.75, 3.05) is 5.32 Å². The number of benzene rings is 1. The fourth-order valence-corrected chi connectivity index (χ4v) is 3.15. The minimum Gasteiger partial charge on any atom is -0.390 e. The molecule has 0 atom stereocenters. The van der Waals surface area contributed by atoms with Crippen LogP contribution in [0.5, 0.6) is 0 Å². The first kappa shape index (κ1) is 16.5. The highest BCUT2D eigenvalue weighted by molar-refractivity contribution is 5.69. The van der Waals surface area contributed by atoms with Gasteiger partial charge in [0.1, 0.15) is 0 Å². The number of fused-ring (bicyclic) bond motifs is 1. The zero-order valence-electron chi connectivity index (χ0n) is 14.3. The summed E-state index contributed by atoms with van der Waals surface area (Å²) in [5, 5.41) is 22.6. The van der Waals surface area contributed by atoms with Crippen molar-refractivity contribution in [2.45, 2.75) is 40.5 Å². The molecule has 3 rings (SSSR count). The van der Waals surface area contributed by atoms with Crippen LogP contribution in [-0.4, -0.2) is 19.6 Å². The maximum Gasteiger partial charge on any atom is 0.161 e. The molecule has 0 aliphatic carbocycles. The van der Waals surface area contributed by atoms with Crippen LogP contribution in [0.4, 0.5) is 5.69 Å². The van der Waals surface area contributed by atoms with Gasteiger partial charge in [0.25, 0.3) is 0 Å². The van der Waals surface area contributed by atoms with E-state index in [0.717, 1.165) is 17.0 Å². The molecule has 3 aromatic rings. The molecule has 126 valence electrons. The zero-order valence-corrected chi connectivity index (χ0v) is 14.3. The van der Waals surface area contributed by atoms with Gasteiger partial charge in [-0.25, -0.2) is 4.98 Å². The molecule has 5 nitrogen and oxygen atoms in total. The molecule has 3 N–H and O–H groups in total. The molecule has 24 heavy (non-hydrogen) atoms. The topological polar surface area (TPSA) is 69.8 Å². The van der Waals surface area contributed by atoms with Gasteiger partial charge in [-0.3, -0.25) is 4.40 Å². The molecule has 5 heteroatoms. The quantitative estimate of drug-likeness (QED) is 0.675. The third-order valence-corrected chi connectivity index (χ3v) is 4.54. The van der Waals surface area contributed by atoms with E-state index in [1.807, 2.05) is 23.5 Å². The average Bonchev–Trinajstić information content (AvgIpc) is 2.95. The lowest BCUT2D eigenvalue weighted by molar-refractivity contribution is 0.253. The van der Waals surface area contributed by atoms with Crippen LogP contribution in [0.3, 0.4) is 0 Å². The van der Waals surface area contributed by atoms with Gasteiger partial charge in [-0.05, 0) is 49.6 Å². The molecule has 0 saturated heterocycles. The third kappa shape index (κ3) is 2.77. The van der Waals surface area contributed by atoms with Gasteiger partial charge in [0.2, 0.25) is 0 Å². The van der Waals surface area contributed by atoms with Gasteiger partial charge >= 0.3 is 0 Å². The number of pyridine rings is 1. The summed E-state index contributed by atoms with van der Waals surface area (Å²) in [5.41, 5.74) is 7.52. The normalized spacial score (nSPS) is 11.2.